The van der Waals surface area contributed by atoms with Crippen molar-refractivity contribution in [3.8, 4) is 0 Å². The summed E-state index contributed by atoms with van der Waals surface area (Å²) in [5.41, 5.74) is 0.152. The van der Waals surface area contributed by atoms with Gasteiger partial charge in [-0.3, -0.25) is 4.98 Å². The van der Waals surface area contributed by atoms with E-state index in [0.717, 1.165) is 5.56 Å². The molecule has 0 aliphatic carbocycles. The lowest BCUT2D eigenvalue weighted by molar-refractivity contribution is -0.00525. The number of halogens is 2. The van der Waals surface area contributed by atoms with Crippen LogP contribution in [0.3, 0.4) is 0 Å². The number of nitrogens with zero attached hydrogens (tertiary/aromatic N) is 1. The molecule has 7 heteroatoms. The summed E-state index contributed by atoms with van der Waals surface area (Å²) < 4.78 is 32.4. The second-order valence-corrected chi connectivity index (χ2v) is 6.09. The van der Waals surface area contributed by atoms with E-state index in [1.165, 1.54) is 0 Å². The van der Waals surface area contributed by atoms with E-state index in [1.54, 1.807) is 52.2 Å². The third-order valence-electron chi connectivity index (χ3n) is 2.76. The van der Waals surface area contributed by atoms with Gasteiger partial charge in [0.05, 0.1) is 13.1 Å². The van der Waals surface area contributed by atoms with Crippen molar-refractivity contribution >= 4 is 6.09 Å². The lowest BCUT2D eigenvalue weighted by atomic mass is 10.1. The number of alkyl halides is 2. The van der Waals surface area contributed by atoms with Crippen LogP contribution in [-0.2, 0) is 4.74 Å². The van der Waals surface area contributed by atoms with Crippen LogP contribution in [0.25, 0.3) is 0 Å². The second kappa shape index (κ2) is 7.49. The highest BCUT2D eigenvalue weighted by Gasteiger charge is 2.30. The average molecular weight is 315 g/mol. The van der Waals surface area contributed by atoms with E-state index in [2.05, 4.69) is 15.6 Å². The van der Waals surface area contributed by atoms with Gasteiger partial charge in [-0.25, -0.2) is 13.6 Å². The Hall–Kier alpha value is -1.76. The van der Waals surface area contributed by atoms with Crippen LogP contribution < -0.4 is 10.6 Å². The first-order valence-corrected chi connectivity index (χ1v) is 7.07. The van der Waals surface area contributed by atoms with Crippen molar-refractivity contribution in [2.24, 2.45) is 0 Å². The van der Waals surface area contributed by atoms with Gasteiger partial charge in [0.1, 0.15) is 5.60 Å². The monoisotopic (exact) mass is 315 g/mol. The molecular formula is C15H23F2N3O2. The lowest BCUT2D eigenvalue weighted by Gasteiger charge is -2.23. The number of amides is 1. The zero-order valence-corrected chi connectivity index (χ0v) is 13.3. The summed E-state index contributed by atoms with van der Waals surface area (Å²) in [5.74, 6) is -3.07. The minimum atomic E-state index is -3.07. The SMILES string of the molecule is CC(NCC(F)(F)CNC(=O)OC(C)(C)C)c1ccncc1. The molecule has 1 unspecified atom stereocenters. The van der Waals surface area contributed by atoms with Crippen LogP contribution in [0, 0.1) is 0 Å². The maximum atomic E-state index is 13.7. The summed E-state index contributed by atoms with van der Waals surface area (Å²) in [7, 11) is 0. The molecule has 1 aromatic heterocycles. The molecule has 2 N–H and O–H groups in total. The normalized spacial score (nSPS) is 13.5. The highest BCUT2D eigenvalue weighted by atomic mass is 19.3. The topological polar surface area (TPSA) is 63.2 Å². The zero-order valence-electron chi connectivity index (χ0n) is 13.3. The van der Waals surface area contributed by atoms with Crippen LogP contribution in [0.4, 0.5) is 13.6 Å². The Morgan fingerprint density at radius 2 is 1.86 bits per heavy atom. The van der Waals surface area contributed by atoms with Gasteiger partial charge in [0.2, 0.25) is 0 Å². The fraction of sp³-hybridized carbons (Fsp3) is 0.600. The minimum Gasteiger partial charge on any atom is -0.444 e. The molecule has 1 aromatic rings. The van der Waals surface area contributed by atoms with Gasteiger partial charge in [-0.05, 0) is 45.4 Å². The Labute approximate surface area is 129 Å². The number of carbonyl (C=O) groups excluding carboxylic acids is 1. The van der Waals surface area contributed by atoms with Crippen molar-refractivity contribution in [2.45, 2.75) is 45.3 Å². The van der Waals surface area contributed by atoms with E-state index < -0.39 is 30.7 Å². The molecule has 0 aliphatic rings. The Morgan fingerprint density at radius 1 is 1.27 bits per heavy atom. The van der Waals surface area contributed by atoms with E-state index in [4.69, 9.17) is 4.74 Å². The number of pyridine rings is 1. The van der Waals surface area contributed by atoms with Gasteiger partial charge >= 0.3 is 6.09 Å². The summed E-state index contributed by atoms with van der Waals surface area (Å²) in [6.45, 7) is 5.46. The number of hydrogen-bond acceptors (Lipinski definition) is 4. The van der Waals surface area contributed by atoms with Gasteiger partial charge in [-0.2, -0.15) is 0 Å². The molecule has 0 saturated heterocycles. The van der Waals surface area contributed by atoms with Crippen LogP contribution in [0.15, 0.2) is 24.5 Å². The molecular weight excluding hydrogens is 292 g/mol. The van der Waals surface area contributed by atoms with Gasteiger partial charge in [0.15, 0.2) is 0 Å². The van der Waals surface area contributed by atoms with Crippen molar-refractivity contribution in [3.63, 3.8) is 0 Å². The summed E-state index contributed by atoms with van der Waals surface area (Å²) in [6.07, 6.45) is 2.36. The fourth-order valence-electron chi connectivity index (χ4n) is 1.65. The van der Waals surface area contributed by atoms with Crippen molar-refractivity contribution in [1.29, 1.82) is 0 Å². The zero-order chi connectivity index (χ0) is 16.8. The van der Waals surface area contributed by atoms with Crippen LogP contribution in [0.1, 0.15) is 39.3 Å². The fourth-order valence-corrected chi connectivity index (χ4v) is 1.65. The third-order valence-corrected chi connectivity index (χ3v) is 2.76. The molecule has 1 heterocycles. The van der Waals surface area contributed by atoms with E-state index in [-0.39, 0.29) is 6.04 Å². The average Bonchev–Trinajstić information content (AvgIpc) is 2.42. The first kappa shape index (κ1) is 18.3. The number of carbonyl (C=O) groups is 1. The number of nitrogens with one attached hydrogen (secondary N) is 2. The molecule has 22 heavy (non-hydrogen) atoms. The number of rotatable bonds is 6. The number of ether oxygens (including phenoxy) is 1. The number of aromatic nitrogens is 1. The van der Waals surface area contributed by atoms with Gasteiger partial charge in [-0.1, -0.05) is 0 Å². The molecule has 1 amide bonds. The Kier molecular flexibility index (Phi) is 6.22. The van der Waals surface area contributed by atoms with Crippen molar-refractivity contribution in [1.82, 2.24) is 15.6 Å². The van der Waals surface area contributed by atoms with Crippen molar-refractivity contribution in [3.05, 3.63) is 30.1 Å². The molecule has 0 aliphatic heterocycles. The Balaban J connectivity index is 2.39. The maximum Gasteiger partial charge on any atom is 0.407 e. The van der Waals surface area contributed by atoms with Crippen LogP contribution in [-0.4, -0.2) is 35.7 Å². The minimum absolute atomic E-state index is 0.240. The van der Waals surface area contributed by atoms with Crippen LogP contribution in [0.2, 0.25) is 0 Å². The Morgan fingerprint density at radius 3 is 2.41 bits per heavy atom. The van der Waals surface area contributed by atoms with E-state index in [9.17, 15) is 13.6 Å². The van der Waals surface area contributed by atoms with E-state index >= 15 is 0 Å². The Bertz CT molecular complexity index is 475. The molecule has 0 radical (unpaired) electrons. The molecule has 0 fully saturated rings. The van der Waals surface area contributed by atoms with Gasteiger partial charge in [-0.15, -0.1) is 0 Å². The molecule has 1 atom stereocenters. The highest BCUT2D eigenvalue weighted by molar-refractivity contribution is 5.67. The van der Waals surface area contributed by atoms with E-state index in [1.807, 2.05) is 0 Å². The van der Waals surface area contributed by atoms with Gasteiger partial charge in [0.25, 0.3) is 5.92 Å². The molecule has 0 spiro atoms. The van der Waals surface area contributed by atoms with Crippen molar-refractivity contribution < 1.29 is 18.3 Å². The van der Waals surface area contributed by atoms with Gasteiger partial charge < -0.3 is 15.4 Å². The van der Waals surface area contributed by atoms with Gasteiger partial charge in [0, 0.05) is 18.4 Å². The van der Waals surface area contributed by atoms with Crippen LogP contribution >= 0.6 is 0 Å². The molecule has 124 valence electrons. The summed E-state index contributed by atoms with van der Waals surface area (Å²) in [5, 5.41) is 4.82. The summed E-state index contributed by atoms with van der Waals surface area (Å²) in [4.78, 5) is 15.2. The molecule has 0 bridgehead atoms. The predicted molar refractivity (Wildman–Crippen MR) is 79.8 cm³/mol. The van der Waals surface area contributed by atoms with E-state index in [0.29, 0.717) is 0 Å². The number of hydrogen-bond donors (Lipinski definition) is 2. The predicted octanol–water partition coefficient (Wildman–Crippen LogP) is 2.89. The third kappa shape index (κ3) is 7.31. The lowest BCUT2D eigenvalue weighted by Crippen LogP contribution is -2.45. The number of alkyl carbamates (subject to hydrolysis) is 1. The molecule has 0 aromatic carbocycles. The smallest absolute Gasteiger partial charge is 0.407 e. The first-order valence-electron chi connectivity index (χ1n) is 7.07. The maximum absolute atomic E-state index is 13.7. The highest BCUT2D eigenvalue weighted by Crippen LogP contribution is 2.15. The molecule has 1 rings (SSSR count). The first-order chi connectivity index (χ1) is 10.1. The standard InChI is InChI=1S/C15H23F2N3O2/c1-11(12-5-7-18-8-6-12)19-9-15(16,17)10-20-13(21)22-14(2,3)4/h5-8,11,19H,9-10H2,1-4H3,(H,20,21). The van der Waals surface area contributed by atoms with Crippen molar-refractivity contribution in [2.75, 3.05) is 13.1 Å². The summed E-state index contributed by atoms with van der Waals surface area (Å²) >= 11 is 0. The summed E-state index contributed by atoms with van der Waals surface area (Å²) in [6, 6.07) is 3.28. The quantitative estimate of drug-likeness (QED) is 0.847. The largest absolute Gasteiger partial charge is 0.444 e. The van der Waals surface area contributed by atoms with Crippen LogP contribution in [0.5, 0.6) is 0 Å². The molecule has 0 saturated carbocycles. The molecule has 5 nitrogen and oxygen atoms in total. The second-order valence-electron chi connectivity index (χ2n) is 6.09.